The number of nitrogens with one attached hydrogen (secondary N) is 1. The van der Waals surface area contributed by atoms with Crippen LogP contribution in [-0.4, -0.2) is 43.8 Å². The minimum absolute atomic E-state index is 0.0214. The second-order valence-electron chi connectivity index (χ2n) is 9.67. The zero-order chi connectivity index (χ0) is 29.4. The van der Waals surface area contributed by atoms with Crippen molar-refractivity contribution < 1.29 is 18.0 Å². The topological polar surface area (TPSA) is 86.8 Å². The molecule has 40 heavy (non-hydrogen) atoms. The zero-order valence-corrected chi connectivity index (χ0v) is 25.4. The Kier molecular flexibility index (Phi) is 11.0. The second kappa shape index (κ2) is 14.0. The Hall–Kier alpha value is -3.07. The van der Waals surface area contributed by atoms with E-state index in [0.29, 0.717) is 6.42 Å². The lowest BCUT2D eigenvalue weighted by Gasteiger charge is -2.33. The summed E-state index contributed by atoms with van der Waals surface area (Å²) >= 11 is 12.4. The van der Waals surface area contributed by atoms with Crippen LogP contribution in [0.5, 0.6) is 0 Å². The molecule has 0 aliphatic heterocycles. The van der Waals surface area contributed by atoms with Gasteiger partial charge in [-0.15, -0.1) is 0 Å². The average Bonchev–Trinajstić information content (AvgIpc) is 2.93. The van der Waals surface area contributed by atoms with Gasteiger partial charge in [-0.25, -0.2) is 8.42 Å². The van der Waals surface area contributed by atoms with Crippen molar-refractivity contribution in [1.82, 2.24) is 10.2 Å². The molecule has 0 aromatic heterocycles. The normalized spacial score (nSPS) is 12.8. The van der Waals surface area contributed by atoms with Crippen molar-refractivity contribution in [3.63, 3.8) is 0 Å². The third kappa shape index (κ3) is 7.77. The lowest BCUT2D eigenvalue weighted by atomic mass is 10.1. The fraction of sp³-hybridized carbons (Fsp3) is 0.333. The minimum atomic E-state index is -4.19. The van der Waals surface area contributed by atoms with E-state index in [0.717, 1.165) is 21.9 Å². The number of carbonyl (C=O) groups excluding carboxylic acids is 2. The van der Waals surface area contributed by atoms with Crippen molar-refractivity contribution in [2.45, 2.75) is 64.1 Å². The van der Waals surface area contributed by atoms with Gasteiger partial charge in [0.1, 0.15) is 12.6 Å². The summed E-state index contributed by atoms with van der Waals surface area (Å²) in [6.07, 6.45) is 1.08. The molecule has 2 atom stereocenters. The number of benzene rings is 3. The van der Waals surface area contributed by atoms with Crippen LogP contribution in [0.1, 0.15) is 44.7 Å². The van der Waals surface area contributed by atoms with Gasteiger partial charge in [-0.05, 0) is 62.6 Å². The molecule has 0 fully saturated rings. The predicted molar refractivity (Wildman–Crippen MR) is 161 cm³/mol. The molecule has 2 unspecified atom stereocenters. The van der Waals surface area contributed by atoms with Gasteiger partial charge in [0.25, 0.3) is 10.0 Å². The van der Waals surface area contributed by atoms with Crippen LogP contribution in [0, 0.1) is 6.92 Å². The first-order valence-electron chi connectivity index (χ1n) is 13.2. The average molecular weight is 605 g/mol. The highest BCUT2D eigenvalue weighted by Gasteiger charge is 2.34. The van der Waals surface area contributed by atoms with Crippen LogP contribution in [0.3, 0.4) is 0 Å². The standard InChI is InChI=1S/C30H35Cl2N3O4S/c1-5-22(4)33-30(37)28(6-2)34(19-23-10-8-7-9-11-23)29(36)20-35(24-14-17-26(31)27(32)18-24)40(38,39)25-15-12-21(3)13-16-25/h7-18,22,28H,5-6,19-20H2,1-4H3,(H,33,37). The smallest absolute Gasteiger partial charge is 0.264 e. The summed E-state index contributed by atoms with van der Waals surface area (Å²) in [5.41, 5.74) is 1.89. The molecule has 3 rings (SSSR count). The van der Waals surface area contributed by atoms with Crippen molar-refractivity contribution >= 4 is 50.7 Å². The van der Waals surface area contributed by atoms with Gasteiger partial charge in [-0.3, -0.25) is 13.9 Å². The van der Waals surface area contributed by atoms with E-state index in [-0.39, 0.29) is 39.1 Å². The molecule has 0 heterocycles. The van der Waals surface area contributed by atoms with E-state index in [2.05, 4.69) is 5.32 Å². The molecule has 2 amide bonds. The summed E-state index contributed by atoms with van der Waals surface area (Å²) in [6, 6.07) is 19.2. The number of anilines is 1. The van der Waals surface area contributed by atoms with Gasteiger partial charge in [-0.1, -0.05) is 85.1 Å². The van der Waals surface area contributed by atoms with E-state index < -0.39 is 28.5 Å². The predicted octanol–water partition coefficient (Wildman–Crippen LogP) is 6.22. The SMILES string of the molecule is CCC(C)NC(=O)C(CC)N(Cc1ccccc1)C(=O)CN(c1ccc(Cl)c(Cl)c1)S(=O)(=O)c1ccc(C)cc1. The number of carbonyl (C=O) groups is 2. The van der Waals surface area contributed by atoms with Gasteiger partial charge in [0.05, 0.1) is 20.6 Å². The fourth-order valence-corrected chi connectivity index (χ4v) is 5.85. The molecule has 7 nitrogen and oxygen atoms in total. The third-order valence-corrected chi connectivity index (χ3v) is 9.19. The number of aryl methyl sites for hydroxylation is 1. The summed E-state index contributed by atoms with van der Waals surface area (Å²) in [7, 11) is -4.19. The Labute approximate surface area is 247 Å². The fourth-order valence-electron chi connectivity index (χ4n) is 4.15. The summed E-state index contributed by atoms with van der Waals surface area (Å²) in [6.45, 7) is 7.12. The number of rotatable bonds is 12. The van der Waals surface area contributed by atoms with Crippen molar-refractivity contribution in [1.29, 1.82) is 0 Å². The Morgan fingerprint density at radius 2 is 1.55 bits per heavy atom. The van der Waals surface area contributed by atoms with Crippen LogP contribution in [-0.2, 0) is 26.2 Å². The van der Waals surface area contributed by atoms with E-state index in [1.807, 2.05) is 58.0 Å². The summed E-state index contributed by atoms with van der Waals surface area (Å²) in [5.74, 6) is -0.819. The maximum Gasteiger partial charge on any atom is 0.264 e. The van der Waals surface area contributed by atoms with Crippen LogP contribution in [0.4, 0.5) is 5.69 Å². The van der Waals surface area contributed by atoms with E-state index in [9.17, 15) is 18.0 Å². The zero-order valence-electron chi connectivity index (χ0n) is 23.1. The van der Waals surface area contributed by atoms with Crippen molar-refractivity contribution in [2.75, 3.05) is 10.8 Å². The van der Waals surface area contributed by atoms with Crippen molar-refractivity contribution in [3.05, 3.63) is 94.0 Å². The van der Waals surface area contributed by atoms with Gasteiger partial charge in [-0.2, -0.15) is 0 Å². The van der Waals surface area contributed by atoms with Gasteiger partial charge in [0.2, 0.25) is 11.8 Å². The van der Waals surface area contributed by atoms with Crippen LogP contribution >= 0.6 is 23.2 Å². The van der Waals surface area contributed by atoms with Gasteiger partial charge >= 0.3 is 0 Å². The van der Waals surface area contributed by atoms with Gasteiger partial charge in [0, 0.05) is 12.6 Å². The molecular weight excluding hydrogens is 569 g/mol. The summed E-state index contributed by atoms with van der Waals surface area (Å²) in [4.78, 5) is 28.8. The van der Waals surface area contributed by atoms with Crippen molar-refractivity contribution in [3.8, 4) is 0 Å². The number of hydrogen-bond acceptors (Lipinski definition) is 4. The number of amides is 2. The van der Waals surface area contributed by atoms with E-state index in [1.54, 1.807) is 12.1 Å². The molecule has 0 aliphatic rings. The number of nitrogens with zero attached hydrogens (tertiary/aromatic N) is 2. The molecule has 3 aromatic carbocycles. The van der Waals surface area contributed by atoms with E-state index in [1.165, 1.54) is 35.2 Å². The molecule has 0 radical (unpaired) electrons. The first-order valence-corrected chi connectivity index (χ1v) is 15.4. The van der Waals surface area contributed by atoms with Crippen molar-refractivity contribution in [2.24, 2.45) is 0 Å². The monoisotopic (exact) mass is 603 g/mol. The van der Waals surface area contributed by atoms with E-state index in [4.69, 9.17) is 23.2 Å². The molecule has 0 spiro atoms. The Balaban J connectivity index is 2.07. The molecule has 0 saturated heterocycles. The molecule has 3 aromatic rings. The minimum Gasteiger partial charge on any atom is -0.352 e. The summed E-state index contributed by atoms with van der Waals surface area (Å²) in [5, 5.41) is 3.37. The first-order chi connectivity index (χ1) is 19.0. The molecular formula is C30H35Cl2N3O4S. The molecule has 0 saturated carbocycles. The summed E-state index contributed by atoms with van der Waals surface area (Å²) < 4.78 is 28.8. The van der Waals surface area contributed by atoms with Crippen LogP contribution in [0.2, 0.25) is 10.0 Å². The maximum absolute atomic E-state index is 14.1. The van der Waals surface area contributed by atoms with Gasteiger partial charge < -0.3 is 10.2 Å². The highest BCUT2D eigenvalue weighted by molar-refractivity contribution is 7.92. The van der Waals surface area contributed by atoms with Crippen LogP contribution in [0.25, 0.3) is 0 Å². The lowest BCUT2D eigenvalue weighted by Crippen LogP contribution is -2.53. The third-order valence-electron chi connectivity index (χ3n) is 6.66. The number of sulfonamides is 1. The Bertz CT molecular complexity index is 1420. The second-order valence-corrected chi connectivity index (χ2v) is 12.3. The first kappa shape index (κ1) is 31.5. The molecule has 1 N–H and O–H groups in total. The highest BCUT2D eigenvalue weighted by atomic mass is 35.5. The molecule has 0 aliphatic carbocycles. The van der Waals surface area contributed by atoms with Crippen LogP contribution < -0.4 is 9.62 Å². The molecule has 0 bridgehead atoms. The van der Waals surface area contributed by atoms with Crippen LogP contribution in [0.15, 0.2) is 77.7 Å². The Morgan fingerprint density at radius 1 is 0.900 bits per heavy atom. The molecule has 10 heteroatoms. The number of hydrogen-bond donors (Lipinski definition) is 1. The maximum atomic E-state index is 14.1. The van der Waals surface area contributed by atoms with Gasteiger partial charge in [0.15, 0.2) is 0 Å². The lowest BCUT2D eigenvalue weighted by molar-refractivity contribution is -0.140. The molecule has 214 valence electrons. The quantitative estimate of drug-likeness (QED) is 0.266. The highest BCUT2D eigenvalue weighted by Crippen LogP contribution is 2.31. The number of halogens is 2. The largest absolute Gasteiger partial charge is 0.352 e. The Morgan fingerprint density at radius 3 is 2.12 bits per heavy atom. The van der Waals surface area contributed by atoms with E-state index >= 15 is 0 Å².